The zero-order valence-corrected chi connectivity index (χ0v) is 17.1. The van der Waals surface area contributed by atoms with Crippen LogP contribution in [-0.2, 0) is 25.4 Å². The molecule has 1 aliphatic rings. The maximum atomic E-state index is 12.9. The molecule has 0 N–H and O–H groups in total. The molecule has 30 heavy (non-hydrogen) atoms. The van der Waals surface area contributed by atoms with Crippen LogP contribution in [0.2, 0.25) is 0 Å². The summed E-state index contributed by atoms with van der Waals surface area (Å²) in [7, 11) is 2.95. The number of rotatable bonds is 4. The van der Waals surface area contributed by atoms with Gasteiger partial charge in [-0.3, -0.25) is 18.7 Å². The molecular formula is C19H23N7O4. The fourth-order valence-corrected chi connectivity index (χ4v) is 3.69. The van der Waals surface area contributed by atoms with Gasteiger partial charge in [0.2, 0.25) is 11.8 Å². The Labute approximate surface area is 171 Å². The molecule has 11 heteroatoms. The van der Waals surface area contributed by atoms with Crippen molar-refractivity contribution in [3.8, 4) is 5.88 Å². The summed E-state index contributed by atoms with van der Waals surface area (Å²) >= 11 is 0. The fraction of sp³-hybridized carbons (Fsp3) is 0.474. The van der Waals surface area contributed by atoms with Crippen LogP contribution in [-0.4, -0.2) is 58.7 Å². The van der Waals surface area contributed by atoms with Gasteiger partial charge in [0.05, 0.1) is 12.9 Å². The molecule has 158 valence electrons. The number of ether oxygens (including phenoxy) is 1. The third-order valence-electron chi connectivity index (χ3n) is 5.29. The minimum atomic E-state index is -0.475. The number of carbonyl (C=O) groups is 1. The van der Waals surface area contributed by atoms with Gasteiger partial charge in [-0.15, -0.1) is 0 Å². The molecule has 1 fully saturated rings. The monoisotopic (exact) mass is 413 g/mol. The second-order valence-electron chi connectivity index (χ2n) is 7.41. The topological polar surface area (TPSA) is 117 Å². The number of piperidine rings is 1. The molecule has 0 aliphatic carbocycles. The molecule has 4 heterocycles. The van der Waals surface area contributed by atoms with Crippen molar-refractivity contribution in [2.24, 2.45) is 14.1 Å². The Kier molecular flexibility index (Phi) is 5.10. The van der Waals surface area contributed by atoms with Crippen LogP contribution in [0.3, 0.4) is 0 Å². The van der Waals surface area contributed by atoms with Crippen LogP contribution < -0.4 is 16.0 Å². The van der Waals surface area contributed by atoms with Crippen LogP contribution >= 0.6 is 0 Å². The van der Waals surface area contributed by atoms with E-state index in [1.54, 1.807) is 31.1 Å². The van der Waals surface area contributed by atoms with Crippen molar-refractivity contribution in [3.05, 3.63) is 45.3 Å². The van der Waals surface area contributed by atoms with Gasteiger partial charge in [0.25, 0.3) is 5.56 Å². The van der Waals surface area contributed by atoms with Crippen LogP contribution in [0.25, 0.3) is 11.2 Å². The van der Waals surface area contributed by atoms with E-state index < -0.39 is 11.2 Å². The predicted molar refractivity (Wildman–Crippen MR) is 107 cm³/mol. The van der Waals surface area contributed by atoms with E-state index in [4.69, 9.17) is 4.74 Å². The van der Waals surface area contributed by atoms with E-state index >= 15 is 0 Å². The molecule has 0 bridgehead atoms. The largest absolute Gasteiger partial charge is 0.472 e. The van der Waals surface area contributed by atoms with Crippen molar-refractivity contribution in [2.75, 3.05) is 13.1 Å². The van der Waals surface area contributed by atoms with Crippen LogP contribution in [0.1, 0.15) is 18.7 Å². The Morgan fingerprint density at radius 3 is 2.80 bits per heavy atom. The number of hydrogen-bond acceptors (Lipinski definition) is 7. The molecule has 11 nitrogen and oxygen atoms in total. The van der Waals surface area contributed by atoms with Crippen molar-refractivity contribution in [2.45, 2.75) is 32.4 Å². The van der Waals surface area contributed by atoms with E-state index in [-0.39, 0.29) is 29.7 Å². The van der Waals surface area contributed by atoms with E-state index in [0.29, 0.717) is 24.8 Å². The summed E-state index contributed by atoms with van der Waals surface area (Å²) in [4.78, 5) is 51.7. The first-order valence-electron chi connectivity index (χ1n) is 9.70. The summed E-state index contributed by atoms with van der Waals surface area (Å²) in [6.45, 7) is 2.80. The zero-order valence-electron chi connectivity index (χ0n) is 17.1. The number of fused-ring (bicyclic) bond motifs is 1. The standard InChI is InChI=1S/C19H23N7O4/c1-12-20-7-6-14(22-12)30-13-5-4-8-25(9-13)15(27)10-26-11-21-17-16(26)18(28)24(3)19(29)23(17)2/h6-7,11,13H,4-5,8-10H2,1-3H3. The summed E-state index contributed by atoms with van der Waals surface area (Å²) in [6, 6.07) is 1.70. The molecule has 1 atom stereocenters. The lowest BCUT2D eigenvalue weighted by atomic mass is 10.1. The lowest BCUT2D eigenvalue weighted by molar-refractivity contribution is -0.134. The van der Waals surface area contributed by atoms with Gasteiger partial charge in [-0.05, 0) is 19.8 Å². The first-order chi connectivity index (χ1) is 14.3. The third-order valence-corrected chi connectivity index (χ3v) is 5.29. The quantitative estimate of drug-likeness (QED) is 0.571. The molecule has 1 amide bonds. The molecule has 3 aromatic rings. The molecule has 0 spiro atoms. The SMILES string of the molecule is Cc1nccc(OC2CCCN(C(=O)Cn3cnc4c3c(=O)n(C)c(=O)n4C)C2)n1. The van der Waals surface area contributed by atoms with Gasteiger partial charge in [0, 0.05) is 32.9 Å². The molecule has 1 saturated heterocycles. The Morgan fingerprint density at radius 1 is 1.23 bits per heavy atom. The average Bonchev–Trinajstić information content (AvgIpc) is 3.14. The van der Waals surface area contributed by atoms with Crippen molar-refractivity contribution in [1.29, 1.82) is 0 Å². The van der Waals surface area contributed by atoms with Crippen LogP contribution in [0.4, 0.5) is 0 Å². The van der Waals surface area contributed by atoms with Crippen LogP contribution in [0, 0.1) is 6.92 Å². The van der Waals surface area contributed by atoms with Crippen molar-refractivity contribution < 1.29 is 9.53 Å². The molecular weight excluding hydrogens is 390 g/mol. The molecule has 0 saturated carbocycles. The van der Waals surface area contributed by atoms with E-state index in [2.05, 4.69) is 15.0 Å². The number of aromatic nitrogens is 6. The highest BCUT2D eigenvalue weighted by Gasteiger charge is 2.26. The lowest BCUT2D eigenvalue weighted by Gasteiger charge is -2.32. The summed E-state index contributed by atoms with van der Waals surface area (Å²) < 4.78 is 9.74. The average molecular weight is 413 g/mol. The van der Waals surface area contributed by atoms with Crippen LogP contribution in [0.15, 0.2) is 28.2 Å². The highest BCUT2D eigenvalue weighted by molar-refractivity contribution is 5.79. The third kappa shape index (κ3) is 3.58. The Bertz CT molecular complexity index is 1230. The molecule has 0 radical (unpaired) electrons. The lowest BCUT2D eigenvalue weighted by Crippen LogP contribution is -2.45. The molecule has 1 aliphatic heterocycles. The molecule has 0 aromatic carbocycles. The van der Waals surface area contributed by atoms with Gasteiger partial charge in [-0.2, -0.15) is 4.98 Å². The maximum Gasteiger partial charge on any atom is 0.332 e. The van der Waals surface area contributed by atoms with Gasteiger partial charge in [-0.25, -0.2) is 14.8 Å². The number of imidazole rings is 1. The highest BCUT2D eigenvalue weighted by Crippen LogP contribution is 2.17. The Hall–Kier alpha value is -3.50. The minimum Gasteiger partial charge on any atom is -0.472 e. The number of aryl methyl sites for hydroxylation is 2. The Balaban J connectivity index is 1.51. The van der Waals surface area contributed by atoms with Gasteiger partial charge in [0.1, 0.15) is 18.5 Å². The van der Waals surface area contributed by atoms with E-state index in [9.17, 15) is 14.4 Å². The molecule has 1 unspecified atom stereocenters. The normalized spacial score (nSPS) is 16.8. The predicted octanol–water partition coefficient (Wildman–Crippen LogP) is -0.398. The second-order valence-corrected chi connectivity index (χ2v) is 7.41. The summed E-state index contributed by atoms with van der Waals surface area (Å²) in [5, 5.41) is 0. The fourth-order valence-electron chi connectivity index (χ4n) is 3.69. The van der Waals surface area contributed by atoms with Crippen LogP contribution in [0.5, 0.6) is 5.88 Å². The number of hydrogen-bond donors (Lipinski definition) is 0. The Morgan fingerprint density at radius 2 is 2.03 bits per heavy atom. The zero-order chi connectivity index (χ0) is 21.4. The van der Waals surface area contributed by atoms with E-state index in [1.165, 1.54) is 22.5 Å². The van der Waals surface area contributed by atoms with Gasteiger partial charge in [-0.1, -0.05) is 0 Å². The molecule has 4 rings (SSSR count). The summed E-state index contributed by atoms with van der Waals surface area (Å²) in [5.74, 6) is 0.975. The van der Waals surface area contributed by atoms with E-state index in [1.807, 2.05) is 0 Å². The van der Waals surface area contributed by atoms with Gasteiger partial charge < -0.3 is 14.2 Å². The smallest absolute Gasteiger partial charge is 0.332 e. The highest BCUT2D eigenvalue weighted by atomic mass is 16.5. The minimum absolute atomic E-state index is 0.0384. The van der Waals surface area contributed by atoms with Gasteiger partial charge in [0.15, 0.2) is 11.2 Å². The summed E-state index contributed by atoms with van der Waals surface area (Å²) in [6.07, 6.45) is 4.53. The second kappa shape index (κ2) is 7.73. The first-order valence-corrected chi connectivity index (χ1v) is 9.70. The number of likely N-dealkylation sites (tertiary alicyclic amines) is 1. The van der Waals surface area contributed by atoms with Crippen molar-refractivity contribution in [3.63, 3.8) is 0 Å². The van der Waals surface area contributed by atoms with E-state index in [0.717, 1.165) is 17.4 Å². The molecule has 3 aromatic heterocycles. The summed E-state index contributed by atoms with van der Waals surface area (Å²) in [5.41, 5.74) is -0.443. The maximum absolute atomic E-state index is 12.9. The number of amides is 1. The number of nitrogens with zero attached hydrogens (tertiary/aromatic N) is 7. The first kappa shape index (κ1) is 19.8. The van der Waals surface area contributed by atoms with Crippen molar-refractivity contribution in [1.82, 2.24) is 33.6 Å². The van der Waals surface area contributed by atoms with Gasteiger partial charge >= 0.3 is 5.69 Å². The number of carbonyl (C=O) groups excluding carboxylic acids is 1. The van der Waals surface area contributed by atoms with Crippen molar-refractivity contribution >= 4 is 17.1 Å².